The third kappa shape index (κ3) is 5.47. The Morgan fingerprint density at radius 2 is 2.04 bits per heavy atom. The number of morpholine rings is 1. The summed E-state index contributed by atoms with van der Waals surface area (Å²) in [6, 6.07) is 0.447. The molecule has 1 unspecified atom stereocenters. The number of guanidine groups is 1. The van der Waals surface area contributed by atoms with Gasteiger partial charge in [0.1, 0.15) is 0 Å². The molecule has 0 aliphatic carbocycles. The number of hydrogen-bond acceptors (Lipinski definition) is 6. The number of ether oxygens (including phenoxy) is 1. The highest BCUT2D eigenvalue weighted by molar-refractivity contribution is 5.79. The maximum atomic E-state index is 5.44. The van der Waals surface area contributed by atoms with Crippen LogP contribution in [0.1, 0.15) is 25.6 Å². The molecule has 130 valence electrons. The minimum Gasteiger partial charge on any atom is -0.379 e. The number of nitrogens with one attached hydrogen (secondary N) is 2. The summed E-state index contributed by atoms with van der Waals surface area (Å²) < 4.78 is 10.5. The molecule has 8 heteroatoms. The van der Waals surface area contributed by atoms with Crippen LogP contribution in [0.25, 0.3) is 0 Å². The molecule has 0 radical (unpaired) electrons. The van der Waals surface area contributed by atoms with Crippen molar-refractivity contribution in [1.82, 2.24) is 25.7 Å². The number of aromatic nitrogens is 2. The van der Waals surface area contributed by atoms with Crippen LogP contribution in [0.4, 0.5) is 0 Å². The summed E-state index contributed by atoms with van der Waals surface area (Å²) >= 11 is 0. The monoisotopic (exact) mass is 324 g/mol. The van der Waals surface area contributed by atoms with Crippen molar-refractivity contribution in [2.45, 2.75) is 33.4 Å². The second-order valence-corrected chi connectivity index (χ2v) is 6.00. The van der Waals surface area contributed by atoms with Gasteiger partial charge in [0, 0.05) is 32.7 Å². The number of rotatable bonds is 6. The molecule has 0 spiro atoms. The minimum absolute atomic E-state index is 0.447. The lowest BCUT2D eigenvalue weighted by Crippen LogP contribution is -2.52. The van der Waals surface area contributed by atoms with Crippen molar-refractivity contribution >= 4 is 5.96 Å². The van der Waals surface area contributed by atoms with Gasteiger partial charge < -0.3 is 19.9 Å². The molecule has 2 rings (SSSR count). The van der Waals surface area contributed by atoms with Crippen molar-refractivity contribution in [3.05, 3.63) is 11.7 Å². The van der Waals surface area contributed by atoms with Crippen LogP contribution < -0.4 is 10.6 Å². The van der Waals surface area contributed by atoms with Crippen LogP contribution in [0.5, 0.6) is 0 Å². The standard InChI is InChI=1S/C15H28N6O2/c1-11(2)13(21-5-7-22-8-6-21)9-17-15(16-4)18-10-14-19-12(3)20-23-14/h11,13H,5-10H2,1-4H3,(H2,16,17,18). The first-order valence-electron chi connectivity index (χ1n) is 8.15. The zero-order valence-electron chi connectivity index (χ0n) is 14.5. The summed E-state index contributed by atoms with van der Waals surface area (Å²) in [4.78, 5) is 10.9. The van der Waals surface area contributed by atoms with Gasteiger partial charge in [-0.3, -0.25) is 9.89 Å². The molecule has 2 heterocycles. The molecule has 1 saturated heterocycles. The van der Waals surface area contributed by atoms with Gasteiger partial charge in [-0.15, -0.1) is 0 Å². The average Bonchev–Trinajstić information content (AvgIpc) is 2.96. The van der Waals surface area contributed by atoms with E-state index < -0.39 is 0 Å². The van der Waals surface area contributed by atoms with Crippen LogP contribution >= 0.6 is 0 Å². The Morgan fingerprint density at radius 1 is 1.30 bits per heavy atom. The largest absolute Gasteiger partial charge is 0.379 e. The van der Waals surface area contributed by atoms with Crippen molar-refractivity contribution in [2.24, 2.45) is 10.9 Å². The maximum Gasteiger partial charge on any atom is 0.246 e. The fourth-order valence-corrected chi connectivity index (χ4v) is 2.69. The Morgan fingerprint density at radius 3 is 2.61 bits per heavy atom. The normalized spacial score (nSPS) is 18.2. The Balaban J connectivity index is 1.82. The van der Waals surface area contributed by atoms with Crippen LogP contribution in [0.2, 0.25) is 0 Å². The Hall–Kier alpha value is -1.67. The quantitative estimate of drug-likeness (QED) is 0.578. The van der Waals surface area contributed by atoms with E-state index in [9.17, 15) is 0 Å². The highest BCUT2D eigenvalue weighted by Crippen LogP contribution is 2.12. The van der Waals surface area contributed by atoms with Crippen LogP contribution in [-0.4, -0.2) is 66.9 Å². The molecule has 1 aliphatic rings. The number of aryl methyl sites for hydroxylation is 1. The lowest BCUT2D eigenvalue weighted by Gasteiger charge is -2.37. The van der Waals surface area contributed by atoms with E-state index in [1.165, 1.54) is 0 Å². The maximum absolute atomic E-state index is 5.44. The molecule has 1 aromatic heterocycles. The van der Waals surface area contributed by atoms with Crippen molar-refractivity contribution < 1.29 is 9.26 Å². The highest BCUT2D eigenvalue weighted by atomic mass is 16.5. The molecule has 0 aromatic carbocycles. The van der Waals surface area contributed by atoms with E-state index in [1.54, 1.807) is 14.0 Å². The predicted molar refractivity (Wildman–Crippen MR) is 88.3 cm³/mol. The lowest BCUT2D eigenvalue weighted by atomic mass is 10.0. The molecule has 2 N–H and O–H groups in total. The summed E-state index contributed by atoms with van der Waals surface area (Å²) in [5.74, 6) is 2.48. The molecule has 1 aliphatic heterocycles. The molecule has 1 fully saturated rings. The SMILES string of the molecule is CN=C(NCc1nc(C)no1)NCC(C(C)C)N1CCOCC1. The second kappa shape index (κ2) is 8.83. The van der Waals surface area contributed by atoms with Crippen LogP contribution in [0, 0.1) is 12.8 Å². The zero-order valence-corrected chi connectivity index (χ0v) is 14.5. The third-order valence-corrected chi connectivity index (χ3v) is 3.96. The van der Waals surface area contributed by atoms with Crippen LogP contribution in [0.15, 0.2) is 9.52 Å². The lowest BCUT2D eigenvalue weighted by molar-refractivity contribution is 0.00752. The first kappa shape index (κ1) is 17.7. The summed E-state index contributed by atoms with van der Waals surface area (Å²) in [6.45, 7) is 11.2. The van der Waals surface area contributed by atoms with E-state index in [1.807, 2.05) is 0 Å². The molecule has 0 saturated carbocycles. The second-order valence-electron chi connectivity index (χ2n) is 6.00. The van der Waals surface area contributed by atoms with Gasteiger partial charge in [-0.2, -0.15) is 4.98 Å². The number of hydrogen-bond donors (Lipinski definition) is 2. The first-order valence-corrected chi connectivity index (χ1v) is 8.15. The third-order valence-electron chi connectivity index (χ3n) is 3.96. The number of aliphatic imine (C=N–C) groups is 1. The topological polar surface area (TPSA) is 87.8 Å². The van der Waals surface area contributed by atoms with Gasteiger partial charge >= 0.3 is 0 Å². The van der Waals surface area contributed by atoms with Crippen molar-refractivity contribution in [1.29, 1.82) is 0 Å². The fraction of sp³-hybridized carbons (Fsp3) is 0.800. The summed E-state index contributed by atoms with van der Waals surface area (Å²) in [5, 5.41) is 10.4. The Bertz CT molecular complexity index is 496. The summed E-state index contributed by atoms with van der Waals surface area (Å²) in [6.07, 6.45) is 0. The average molecular weight is 324 g/mol. The van der Waals surface area contributed by atoms with Gasteiger partial charge in [0.2, 0.25) is 5.89 Å². The van der Waals surface area contributed by atoms with E-state index in [0.717, 1.165) is 38.8 Å². The van der Waals surface area contributed by atoms with Crippen molar-refractivity contribution in [3.63, 3.8) is 0 Å². The van der Waals surface area contributed by atoms with Crippen LogP contribution in [0.3, 0.4) is 0 Å². The first-order chi connectivity index (χ1) is 11.1. The molecule has 1 aromatic rings. The molecule has 1 atom stereocenters. The molecular formula is C15H28N6O2. The van der Waals surface area contributed by atoms with E-state index >= 15 is 0 Å². The van der Waals surface area contributed by atoms with Crippen LogP contribution in [-0.2, 0) is 11.3 Å². The van der Waals surface area contributed by atoms with Gasteiger partial charge in [-0.1, -0.05) is 19.0 Å². The smallest absolute Gasteiger partial charge is 0.246 e. The van der Waals surface area contributed by atoms with E-state index in [2.05, 4.69) is 44.5 Å². The molecule has 8 nitrogen and oxygen atoms in total. The van der Waals surface area contributed by atoms with Gasteiger partial charge in [-0.25, -0.2) is 0 Å². The van der Waals surface area contributed by atoms with Gasteiger partial charge in [-0.05, 0) is 12.8 Å². The van der Waals surface area contributed by atoms with E-state index in [4.69, 9.17) is 9.26 Å². The molecule has 23 heavy (non-hydrogen) atoms. The van der Waals surface area contributed by atoms with Crippen molar-refractivity contribution in [3.8, 4) is 0 Å². The van der Waals surface area contributed by atoms with Crippen molar-refractivity contribution in [2.75, 3.05) is 39.9 Å². The molecule has 0 bridgehead atoms. The summed E-state index contributed by atoms with van der Waals surface area (Å²) in [7, 11) is 1.76. The van der Waals surface area contributed by atoms with E-state index in [0.29, 0.717) is 30.2 Å². The van der Waals surface area contributed by atoms with Gasteiger partial charge in [0.05, 0.1) is 19.8 Å². The fourth-order valence-electron chi connectivity index (χ4n) is 2.69. The minimum atomic E-state index is 0.447. The van der Waals surface area contributed by atoms with Gasteiger partial charge in [0.15, 0.2) is 11.8 Å². The summed E-state index contributed by atoms with van der Waals surface area (Å²) in [5.41, 5.74) is 0. The molecule has 0 amide bonds. The number of nitrogens with zero attached hydrogens (tertiary/aromatic N) is 4. The highest BCUT2D eigenvalue weighted by Gasteiger charge is 2.23. The molecular weight excluding hydrogens is 296 g/mol. The van der Waals surface area contributed by atoms with Gasteiger partial charge in [0.25, 0.3) is 0 Å². The van der Waals surface area contributed by atoms with E-state index in [-0.39, 0.29) is 0 Å². The Kier molecular flexibility index (Phi) is 6.79. The zero-order chi connectivity index (χ0) is 16.7. The Labute approximate surface area is 137 Å². The predicted octanol–water partition coefficient (Wildman–Crippen LogP) is 0.400.